The van der Waals surface area contributed by atoms with Gasteiger partial charge in [-0.15, -0.1) is 5.10 Å². The van der Waals surface area contributed by atoms with Gasteiger partial charge in [-0.25, -0.2) is 9.07 Å². The number of halogens is 4. The Morgan fingerprint density at radius 2 is 1.93 bits per heavy atom. The molecular weight excluding hydrogens is 470 g/mol. The third-order valence-electron chi connectivity index (χ3n) is 4.99. The molecule has 0 bridgehead atoms. The van der Waals surface area contributed by atoms with Crippen LogP contribution in [0.1, 0.15) is 12.8 Å². The molecule has 1 unspecified atom stereocenters. The molecule has 1 N–H and O–H groups in total. The molecule has 0 amide bonds. The molecule has 3 aromatic rings. The van der Waals surface area contributed by atoms with E-state index in [0.717, 1.165) is 19.4 Å². The number of rotatable bonds is 4. The zero-order valence-corrected chi connectivity index (χ0v) is 18.8. The molecule has 0 aliphatic carbocycles. The van der Waals surface area contributed by atoms with E-state index in [-0.39, 0.29) is 11.1 Å². The number of aliphatic hydroxyl groups excluding tert-OH is 1. The molecule has 1 aliphatic rings. The van der Waals surface area contributed by atoms with Gasteiger partial charge in [0.15, 0.2) is 5.82 Å². The lowest BCUT2D eigenvalue weighted by molar-refractivity contribution is 0.0513. The Morgan fingerprint density at radius 3 is 2.63 bits per heavy atom. The molecule has 1 fully saturated rings. The van der Waals surface area contributed by atoms with Gasteiger partial charge in [-0.1, -0.05) is 34.8 Å². The summed E-state index contributed by atoms with van der Waals surface area (Å²) in [6.45, 7) is 1.80. The second kappa shape index (κ2) is 8.94. The fraction of sp³-hybridized carbons (Fsp3) is 0.300. The molecule has 5 nitrogen and oxygen atoms in total. The van der Waals surface area contributed by atoms with Gasteiger partial charge in [0, 0.05) is 23.7 Å². The highest BCUT2D eigenvalue weighted by Crippen LogP contribution is 2.32. The Bertz CT molecular complexity index is 1150. The first-order valence-electron chi connectivity index (χ1n) is 9.34. The first-order valence-corrected chi connectivity index (χ1v) is 10.9. The van der Waals surface area contributed by atoms with E-state index in [2.05, 4.69) is 4.90 Å². The van der Waals surface area contributed by atoms with Crippen LogP contribution in [0, 0.1) is 10.6 Å². The third-order valence-corrected chi connectivity index (χ3v) is 6.22. The lowest BCUT2D eigenvalue weighted by atomic mass is 10.1. The molecule has 1 saturated heterocycles. The average Bonchev–Trinajstić information content (AvgIpc) is 3.00. The van der Waals surface area contributed by atoms with Crippen LogP contribution in [-0.4, -0.2) is 43.5 Å². The second-order valence-corrected chi connectivity index (χ2v) is 8.79. The molecule has 30 heavy (non-hydrogen) atoms. The molecular formula is C20H18Cl3FN4OS. The normalized spacial score (nSPS) is 17.4. The molecule has 0 spiro atoms. The van der Waals surface area contributed by atoms with Crippen molar-refractivity contribution >= 4 is 47.0 Å². The quantitative estimate of drug-likeness (QED) is 0.488. The van der Waals surface area contributed by atoms with Gasteiger partial charge in [-0.3, -0.25) is 9.47 Å². The number of nitrogens with zero attached hydrogens (tertiary/aromatic N) is 4. The molecule has 0 saturated carbocycles. The first kappa shape index (κ1) is 21.7. The number of aromatic nitrogens is 3. The van der Waals surface area contributed by atoms with Gasteiger partial charge in [0.25, 0.3) is 0 Å². The predicted octanol–water partition coefficient (Wildman–Crippen LogP) is 5.58. The maximum atomic E-state index is 13.7. The van der Waals surface area contributed by atoms with Crippen molar-refractivity contribution in [2.24, 2.45) is 0 Å². The van der Waals surface area contributed by atoms with Crippen LogP contribution in [0.5, 0.6) is 0 Å². The van der Waals surface area contributed by atoms with E-state index in [1.807, 2.05) is 0 Å². The summed E-state index contributed by atoms with van der Waals surface area (Å²) in [5.74, 6) is -0.0328. The van der Waals surface area contributed by atoms with Crippen LogP contribution in [0.25, 0.3) is 17.1 Å². The number of benzene rings is 2. The predicted molar refractivity (Wildman–Crippen MR) is 120 cm³/mol. The minimum atomic E-state index is -0.521. The van der Waals surface area contributed by atoms with Gasteiger partial charge in [0.2, 0.25) is 4.77 Å². The maximum Gasteiger partial charge on any atom is 0.204 e. The monoisotopic (exact) mass is 486 g/mol. The van der Waals surface area contributed by atoms with Gasteiger partial charge in [-0.05, 0) is 61.5 Å². The van der Waals surface area contributed by atoms with Crippen molar-refractivity contribution in [3.63, 3.8) is 0 Å². The van der Waals surface area contributed by atoms with Crippen molar-refractivity contribution in [3.8, 4) is 17.1 Å². The first-order chi connectivity index (χ1) is 14.3. The molecule has 158 valence electrons. The summed E-state index contributed by atoms with van der Waals surface area (Å²) in [4.78, 5) is 2.09. The maximum absolute atomic E-state index is 13.7. The Kier molecular flexibility index (Phi) is 6.48. The van der Waals surface area contributed by atoms with Crippen molar-refractivity contribution in [2.75, 3.05) is 13.1 Å². The van der Waals surface area contributed by atoms with Gasteiger partial charge in [0.1, 0.15) is 5.82 Å². The fourth-order valence-corrected chi connectivity index (χ4v) is 4.51. The van der Waals surface area contributed by atoms with E-state index in [0.29, 0.717) is 45.1 Å². The fourth-order valence-electron chi connectivity index (χ4n) is 3.55. The highest BCUT2D eigenvalue weighted by molar-refractivity contribution is 7.71. The van der Waals surface area contributed by atoms with E-state index in [4.69, 9.17) is 52.1 Å². The van der Waals surface area contributed by atoms with Gasteiger partial charge >= 0.3 is 0 Å². The average molecular weight is 488 g/mol. The van der Waals surface area contributed by atoms with Gasteiger partial charge in [-0.2, -0.15) is 0 Å². The van der Waals surface area contributed by atoms with Crippen molar-refractivity contribution < 1.29 is 9.50 Å². The zero-order valence-electron chi connectivity index (χ0n) is 15.7. The lowest BCUT2D eigenvalue weighted by Crippen LogP contribution is -2.39. The molecule has 1 aromatic heterocycles. The molecule has 2 heterocycles. The number of likely N-dealkylation sites (tertiary alicyclic amines) is 1. The second-order valence-electron chi connectivity index (χ2n) is 7.18. The third kappa shape index (κ3) is 4.42. The van der Waals surface area contributed by atoms with Crippen molar-refractivity contribution in [1.82, 2.24) is 19.2 Å². The van der Waals surface area contributed by atoms with Crippen LogP contribution < -0.4 is 0 Å². The van der Waals surface area contributed by atoms with Crippen LogP contribution in [0.3, 0.4) is 0 Å². The van der Waals surface area contributed by atoms with E-state index >= 15 is 0 Å². The van der Waals surface area contributed by atoms with Crippen LogP contribution in [0.15, 0.2) is 36.4 Å². The molecule has 4 rings (SSSR count). The number of β-amino-alcohol motifs (C(OH)–C–C–N with tert-alkyl or cyclic N) is 1. The van der Waals surface area contributed by atoms with E-state index in [1.165, 1.54) is 12.1 Å². The molecule has 0 radical (unpaired) electrons. The van der Waals surface area contributed by atoms with Crippen molar-refractivity contribution in [3.05, 3.63) is 62.1 Å². The van der Waals surface area contributed by atoms with Crippen LogP contribution in [0.4, 0.5) is 4.39 Å². The largest absolute Gasteiger partial charge is 0.392 e. The van der Waals surface area contributed by atoms with Gasteiger partial charge < -0.3 is 5.11 Å². The van der Waals surface area contributed by atoms with E-state index < -0.39 is 5.82 Å². The number of hydrogen-bond acceptors (Lipinski definition) is 4. The summed E-state index contributed by atoms with van der Waals surface area (Å²) in [6, 6.07) is 9.47. The molecule has 10 heteroatoms. The number of piperidine rings is 1. The van der Waals surface area contributed by atoms with Crippen LogP contribution >= 0.6 is 47.0 Å². The summed E-state index contributed by atoms with van der Waals surface area (Å²) >= 11 is 24.2. The number of hydrogen-bond donors (Lipinski definition) is 1. The van der Waals surface area contributed by atoms with Gasteiger partial charge in [0.05, 0.1) is 28.5 Å². The van der Waals surface area contributed by atoms with Crippen molar-refractivity contribution in [1.29, 1.82) is 0 Å². The Morgan fingerprint density at radius 1 is 1.13 bits per heavy atom. The summed E-state index contributed by atoms with van der Waals surface area (Å²) in [7, 11) is 0. The zero-order chi connectivity index (χ0) is 21.4. The van der Waals surface area contributed by atoms with Crippen LogP contribution in [0.2, 0.25) is 15.1 Å². The lowest BCUT2D eigenvalue weighted by Gasteiger charge is -2.29. The van der Waals surface area contributed by atoms with E-state index in [1.54, 1.807) is 33.5 Å². The number of aliphatic hydroxyl groups is 1. The highest BCUT2D eigenvalue weighted by atomic mass is 35.5. The summed E-state index contributed by atoms with van der Waals surface area (Å²) in [5.41, 5.74) is 1.20. The summed E-state index contributed by atoms with van der Waals surface area (Å²) < 4.78 is 17.5. The minimum Gasteiger partial charge on any atom is -0.392 e. The Balaban J connectivity index is 1.84. The summed E-state index contributed by atoms with van der Waals surface area (Å²) in [6.07, 6.45) is 1.32. The summed E-state index contributed by atoms with van der Waals surface area (Å²) in [5, 5.41) is 15.6. The molecule has 1 aliphatic heterocycles. The SMILES string of the molecule is OC1CCCN(Cn2nc(-c3ccc(Cl)cc3Cl)n(-c3ccc(F)c(Cl)c3)c2=S)C1. The molecule has 1 atom stereocenters. The Labute approximate surface area is 193 Å². The minimum absolute atomic E-state index is 0.0190. The topological polar surface area (TPSA) is 46.2 Å². The van der Waals surface area contributed by atoms with Crippen molar-refractivity contribution in [2.45, 2.75) is 25.6 Å². The standard InChI is InChI=1S/C20H18Cl3FN4OS/c21-12-3-5-15(16(22)8-12)19-25-27(11-26-7-1-2-14(29)10-26)20(30)28(19)13-4-6-18(24)17(23)9-13/h3-6,8-9,14,29H,1-2,7,10-11H2. The smallest absolute Gasteiger partial charge is 0.204 e. The van der Waals surface area contributed by atoms with Crippen LogP contribution in [-0.2, 0) is 6.67 Å². The van der Waals surface area contributed by atoms with E-state index in [9.17, 15) is 9.50 Å². The Hall–Kier alpha value is -1.48. The highest BCUT2D eigenvalue weighted by Gasteiger charge is 2.22. The molecule has 2 aromatic carbocycles.